The van der Waals surface area contributed by atoms with Gasteiger partial charge in [-0.15, -0.1) is 0 Å². The molecule has 1 aliphatic rings. The van der Waals surface area contributed by atoms with Crippen LogP contribution in [0, 0.1) is 5.92 Å². The molecule has 0 spiro atoms. The lowest BCUT2D eigenvalue weighted by atomic mass is 9.87. The van der Waals surface area contributed by atoms with E-state index < -0.39 is 6.10 Å². The quantitative estimate of drug-likeness (QED) is 0.690. The number of rotatable bonds is 5. The first-order chi connectivity index (χ1) is 8.11. The zero-order valence-corrected chi connectivity index (χ0v) is 11.0. The average Bonchev–Trinajstić information content (AvgIpc) is 2.30. The predicted octanol–water partition coefficient (Wildman–Crippen LogP) is 2.03. The van der Waals surface area contributed by atoms with Crippen LogP contribution < -0.4 is 10.6 Å². The number of aliphatic hydroxyl groups is 1. The first-order valence-electron chi connectivity index (χ1n) is 6.84. The van der Waals surface area contributed by atoms with Crippen molar-refractivity contribution in [3.8, 4) is 0 Å². The molecule has 0 heterocycles. The van der Waals surface area contributed by atoms with Gasteiger partial charge >= 0.3 is 6.03 Å². The largest absolute Gasteiger partial charge is 0.391 e. The molecule has 1 saturated carbocycles. The molecule has 0 aliphatic heterocycles. The van der Waals surface area contributed by atoms with E-state index in [2.05, 4.69) is 17.6 Å². The number of urea groups is 1. The van der Waals surface area contributed by atoms with Gasteiger partial charge in [0.05, 0.1) is 6.10 Å². The van der Waals surface area contributed by atoms with Gasteiger partial charge in [0.25, 0.3) is 0 Å². The second kappa shape index (κ2) is 7.54. The Labute approximate surface area is 104 Å². The molecule has 100 valence electrons. The maximum Gasteiger partial charge on any atom is 0.315 e. The molecule has 4 nitrogen and oxygen atoms in total. The third-order valence-corrected chi connectivity index (χ3v) is 3.47. The lowest BCUT2D eigenvalue weighted by molar-refractivity contribution is 0.159. The lowest BCUT2D eigenvalue weighted by Crippen LogP contribution is -2.45. The maximum absolute atomic E-state index is 11.6. The molecule has 1 aliphatic carbocycles. The molecule has 0 saturated heterocycles. The Morgan fingerprint density at radius 1 is 1.35 bits per heavy atom. The summed E-state index contributed by atoms with van der Waals surface area (Å²) in [6.45, 7) is 4.63. The molecule has 0 aromatic rings. The monoisotopic (exact) mass is 242 g/mol. The van der Waals surface area contributed by atoms with E-state index in [0.29, 0.717) is 12.6 Å². The lowest BCUT2D eigenvalue weighted by Gasteiger charge is -2.27. The Bertz CT molecular complexity index is 225. The van der Waals surface area contributed by atoms with Crippen LogP contribution in [0.5, 0.6) is 0 Å². The molecule has 1 atom stereocenters. The summed E-state index contributed by atoms with van der Waals surface area (Å²) >= 11 is 0. The normalized spacial score (nSPS) is 26.3. The van der Waals surface area contributed by atoms with Gasteiger partial charge in [-0.2, -0.15) is 0 Å². The molecule has 17 heavy (non-hydrogen) atoms. The Balaban J connectivity index is 2.12. The Morgan fingerprint density at radius 2 is 2.00 bits per heavy atom. The molecular formula is C13H26N2O2. The fraction of sp³-hybridized carbons (Fsp3) is 0.923. The Morgan fingerprint density at radius 3 is 2.59 bits per heavy atom. The molecule has 1 rings (SSSR count). The van der Waals surface area contributed by atoms with E-state index >= 15 is 0 Å². The van der Waals surface area contributed by atoms with Crippen LogP contribution in [0.2, 0.25) is 0 Å². The summed E-state index contributed by atoms with van der Waals surface area (Å²) in [4.78, 5) is 11.6. The number of nitrogens with one attached hydrogen (secondary N) is 2. The Kier molecular flexibility index (Phi) is 6.34. The average molecular weight is 242 g/mol. The van der Waals surface area contributed by atoms with Crippen LogP contribution in [0.1, 0.15) is 52.4 Å². The van der Waals surface area contributed by atoms with Crippen LogP contribution in [0.4, 0.5) is 4.79 Å². The molecule has 4 heteroatoms. The van der Waals surface area contributed by atoms with Gasteiger partial charge in [-0.05, 0) is 38.0 Å². The standard InChI is InChI=1S/C13H26N2O2/c1-3-4-12(16)9-14-13(17)15-11-7-5-10(2)6-8-11/h10-12,16H,3-9H2,1-2H3,(H2,14,15,17). The van der Waals surface area contributed by atoms with Gasteiger partial charge in [0.2, 0.25) is 0 Å². The third kappa shape index (κ3) is 5.91. The Hall–Kier alpha value is -0.770. The first kappa shape index (κ1) is 14.3. The van der Waals surface area contributed by atoms with Gasteiger partial charge < -0.3 is 15.7 Å². The van der Waals surface area contributed by atoms with Crippen molar-refractivity contribution in [3.05, 3.63) is 0 Å². The number of aliphatic hydroxyl groups excluding tert-OH is 1. The highest BCUT2D eigenvalue weighted by molar-refractivity contribution is 5.74. The molecule has 1 unspecified atom stereocenters. The van der Waals surface area contributed by atoms with Crippen LogP contribution >= 0.6 is 0 Å². The zero-order chi connectivity index (χ0) is 12.7. The molecule has 2 amide bonds. The van der Waals surface area contributed by atoms with Gasteiger partial charge in [0.1, 0.15) is 0 Å². The molecule has 0 radical (unpaired) electrons. The zero-order valence-electron chi connectivity index (χ0n) is 11.0. The highest BCUT2D eigenvalue weighted by Gasteiger charge is 2.19. The van der Waals surface area contributed by atoms with Gasteiger partial charge in [-0.3, -0.25) is 0 Å². The van der Waals surface area contributed by atoms with Crippen molar-refractivity contribution in [1.82, 2.24) is 10.6 Å². The minimum Gasteiger partial charge on any atom is -0.391 e. The number of hydrogen-bond acceptors (Lipinski definition) is 2. The SMILES string of the molecule is CCCC(O)CNC(=O)NC1CCC(C)CC1. The first-order valence-corrected chi connectivity index (χ1v) is 6.84. The van der Waals surface area contributed by atoms with Crippen LogP contribution in [-0.4, -0.2) is 29.8 Å². The highest BCUT2D eigenvalue weighted by Crippen LogP contribution is 2.23. The molecule has 0 aromatic heterocycles. The van der Waals surface area contributed by atoms with Gasteiger partial charge in [-0.25, -0.2) is 4.79 Å². The molecule has 0 aromatic carbocycles. The van der Waals surface area contributed by atoms with Crippen molar-refractivity contribution in [1.29, 1.82) is 0 Å². The van der Waals surface area contributed by atoms with E-state index in [9.17, 15) is 9.90 Å². The van der Waals surface area contributed by atoms with Crippen molar-refractivity contribution in [2.24, 2.45) is 5.92 Å². The van der Waals surface area contributed by atoms with Crippen LogP contribution in [-0.2, 0) is 0 Å². The summed E-state index contributed by atoms with van der Waals surface area (Å²) in [5.74, 6) is 0.794. The van der Waals surface area contributed by atoms with Crippen molar-refractivity contribution < 1.29 is 9.90 Å². The summed E-state index contributed by atoms with van der Waals surface area (Å²) in [5.41, 5.74) is 0. The molecule has 3 N–H and O–H groups in total. The van der Waals surface area contributed by atoms with Crippen LogP contribution in [0.25, 0.3) is 0 Å². The second-order valence-electron chi connectivity index (χ2n) is 5.25. The minimum atomic E-state index is -0.419. The van der Waals surface area contributed by atoms with Crippen molar-refractivity contribution >= 4 is 6.03 Å². The fourth-order valence-electron chi connectivity index (χ4n) is 2.29. The van der Waals surface area contributed by atoms with E-state index in [0.717, 1.165) is 31.6 Å². The number of hydrogen-bond donors (Lipinski definition) is 3. The minimum absolute atomic E-state index is 0.139. The summed E-state index contributed by atoms with van der Waals surface area (Å²) in [6, 6.07) is 0.175. The van der Waals surface area contributed by atoms with Gasteiger partial charge in [0.15, 0.2) is 0 Å². The summed E-state index contributed by atoms with van der Waals surface area (Å²) in [6.07, 6.45) is 5.80. The molecule has 1 fully saturated rings. The smallest absolute Gasteiger partial charge is 0.315 e. The van der Waals surface area contributed by atoms with Gasteiger partial charge in [-0.1, -0.05) is 20.3 Å². The van der Waals surface area contributed by atoms with Crippen molar-refractivity contribution in [2.45, 2.75) is 64.5 Å². The van der Waals surface area contributed by atoms with Crippen molar-refractivity contribution in [2.75, 3.05) is 6.54 Å². The number of carbonyl (C=O) groups is 1. The van der Waals surface area contributed by atoms with E-state index in [1.165, 1.54) is 12.8 Å². The van der Waals surface area contributed by atoms with Gasteiger partial charge in [0, 0.05) is 12.6 Å². The maximum atomic E-state index is 11.6. The van der Waals surface area contributed by atoms with Crippen molar-refractivity contribution in [3.63, 3.8) is 0 Å². The summed E-state index contributed by atoms with van der Waals surface area (Å²) in [5, 5.41) is 15.2. The topological polar surface area (TPSA) is 61.4 Å². The molecule has 0 bridgehead atoms. The number of amides is 2. The third-order valence-electron chi connectivity index (χ3n) is 3.47. The predicted molar refractivity (Wildman–Crippen MR) is 68.9 cm³/mol. The van der Waals surface area contributed by atoms with Crippen LogP contribution in [0.15, 0.2) is 0 Å². The molecular weight excluding hydrogens is 216 g/mol. The van der Waals surface area contributed by atoms with E-state index in [-0.39, 0.29) is 6.03 Å². The number of carbonyl (C=O) groups excluding carboxylic acids is 1. The second-order valence-corrected chi connectivity index (χ2v) is 5.25. The van der Waals surface area contributed by atoms with Crippen LogP contribution in [0.3, 0.4) is 0 Å². The van der Waals surface area contributed by atoms with E-state index in [1.807, 2.05) is 6.92 Å². The summed E-state index contributed by atoms with van der Waals surface area (Å²) in [7, 11) is 0. The summed E-state index contributed by atoms with van der Waals surface area (Å²) < 4.78 is 0. The van der Waals surface area contributed by atoms with E-state index in [4.69, 9.17) is 0 Å². The highest BCUT2D eigenvalue weighted by atomic mass is 16.3. The fourth-order valence-corrected chi connectivity index (χ4v) is 2.29. The van der Waals surface area contributed by atoms with E-state index in [1.54, 1.807) is 0 Å².